The van der Waals surface area contributed by atoms with Crippen LogP contribution < -0.4 is 4.90 Å². The highest BCUT2D eigenvalue weighted by atomic mass is 79.9. The lowest BCUT2D eigenvalue weighted by atomic mass is 10.1. The minimum atomic E-state index is 0.536. The lowest BCUT2D eigenvalue weighted by Gasteiger charge is -2.25. The minimum Gasteiger partial charge on any atom is -0.338 e. The van der Waals surface area contributed by atoms with Crippen molar-refractivity contribution >= 4 is 27.3 Å². The Balaban J connectivity index is 2.06. The maximum Gasteiger partial charge on any atom is 0.0446 e. The number of hydrogen-bond acceptors (Lipinski definition) is 1. The molecule has 0 N–H and O–H groups in total. The number of halogens is 1. The molecule has 1 aliphatic heterocycles. The van der Waals surface area contributed by atoms with Gasteiger partial charge in [0.1, 0.15) is 0 Å². The van der Waals surface area contributed by atoms with Crippen LogP contribution >= 0.6 is 15.9 Å². The second kappa shape index (κ2) is 4.19. The highest BCUT2D eigenvalue weighted by molar-refractivity contribution is 9.10. The molecule has 1 heterocycles. The molecule has 0 amide bonds. The number of hydrogen-bond donors (Lipinski definition) is 0. The van der Waals surface area contributed by atoms with Gasteiger partial charge >= 0.3 is 0 Å². The first-order valence-electron chi connectivity index (χ1n) is 5.88. The van der Waals surface area contributed by atoms with Crippen LogP contribution in [0.15, 0.2) is 53.0 Å². The number of benzene rings is 2. The van der Waals surface area contributed by atoms with Gasteiger partial charge in [-0.15, -0.1) is 0 Å². The van der Waals surface area contributed by atoms with Crippen LogP contribution in [0.1, 0.15) is 12.5 Å². The molecule has 0 aliphatic carbocycles. The Hall–Kier alpha value is -1.28. The fraction of sp³-hybridized carbons (Fsp3) is 0.200. The summed E-state index contributed by atoms with van der Waals surface area (Å²) in [5.74, 6) is 0. The molecule has 0 fully saturated rings. The summed E-state index contributed by atoms with van der Waals surface area (Å²) in [7, 11) is 0. The summed E-state index contributed by atoms with van der Waals surface area (Å²) in [6, 6.07) is 17.7. The summed E-state index contributed by atoms with van der Waals surface area (Å²) in [6.45, 7) is 2.28. The van der Waals surface area contributed by atoms with Crippen molar-refractivity contribution in [3.8, 4) is 0 Å². The summed E-state index contributed by atoms with van der Waals surface area (Å²) in [5.41, 5.74) is 4.07. The van der Waals surface area contributed by atoms with E-state index in [2.05, 4.69) is 76.3 Å². The van der Waals surface area contributed by atoms with Gasteiger partial charge in [0, 0.05) is 21.9 Å². The highest BCUT2D eigenvalue weighted by Gasteiger charge is 2.26. The van der Waals surface area contributed by atoms with E-state index >= 15 is 0 Å². The molecule has 0 radical (unpaired) electrons. The molecule has 0 saturated heterocycles. The van der Waals surface area contributed by atoms with E-state index < -0.39 is 0 Å². The average molecular weight is 288 g/mol. The molecule has 0 spiro atoms. The van der Waals surface area contributed by atoms with E-state index in [0.29, 0.717) is 6.04 Å². The van der Waals surface area contributed by atoms with Gasteiger partial charge < -0.3 is 4.90 Å². The molecule has 0 bridgehead atoms. The van der Waals surface area contributed by atoms with E-state index in [4.69, 9.17) is 0 Å². The number of para-hydroxylation sites is 1. The van der Waals surface area contributed by atoms with Gasteiger partial charge in [0.15, 0.2) is 0 Å². The molecule has 2 heteroatoms. The van der Waals surface area contributed by atoms with Crippen molar-refractivity contribution in [2.45, 2.75) is 19.4 Å². The maximum absolute atomic E-state index is 3.48. The predicted molar refractivity (Wildman–Crippen MR) is 75.9 cm³/mol. The topological polar surface area (TPSA) is 3.24 Å². The molecule has 0 saturated carbocycles. The van der Waals surface area contributed by atoms with Crippen LogP contribution in [0.25, 0.3) is 0 Å². The van der Waals surface area contributed by atoms with Crippen LogP contribution in [0, 0.1) is 0 Å². The fourth-order valence-electron chi connectivity index (χ4n) is 2.56. The third kappa shape index (κ3) is 1.87. The molecule has 0 aromatic heterocycles. The van der Waals surface area contributed by atoms with Crippen molar-refractivity contribution in [1.29, 1.82) is 0 Å². The first-order chi connectivity index (χ1) is 8.25. The molecule has 86 valence electrons. The Bertz CT molecular complexity index is 533. The van der Waals surface area contributed by atoms with Crippen LogP contribution in [-0.4, -0.2) is 6.04 Å². The molecule has 2 aromatic carbocycles. The van der Waals surface area contributed by atoms with Crippen molar-refractivity contribution in [3.05, 3.63) is 58.6 Å². The van der Waals surface area contributed by atoms with Crippen molar-refractivity contribution < 1.29 is 0 Å². The van der Waals surface area contributed by atoms with Gasteiger partial charge in [-0.2, -0.15) is 0 Å². The largest absolute Gasteiger partial charge is 0.338 e. The normalized spacial score (nSPS) is 18.2. The monoisotopic (exact) mass is 287 g/mol. The summed E-state index contributed by atoms with van der Waals surface area (Å²) in [4.78, 5) is 2.42. The average Bonchev–Trinajstić information content (AvgIpc) is 2.66. The molecule has 1 unspecified atom stereocenters. The Kier molecular flexibility index (Phi) is 2.67. The minimum absolute atomic E-state index is 0.536. The van der Waals surface area contributed by atoms with Gasteiger partial charge in [-0.3, -0.25) is 0 Å². The van der Waals surface area contributed by atoms with Crippen LogP contribution in [0.5, 0.6) is 0 Å². The lowest BCUT2D eigenvalue weighted by Crippen LogP contribution is -2.23. The van der Waals surface area contributed by atoms with Crippen molar-refractivity contribution in [3.63, 3.8) is 0 Å². The van der Waals surface area contributed by atoms with E-state index in [1.54, 1.807) is 0 Å². The number of nitrogens with zero attached hydrogens (tertiary/aromatic N) is 1. The van der Waals surface area contributed by atoms with Gasteiger partial charge in [-0.1, -0.05) is 34.1 Å². The zero-order valence-corrected chi connectivity index (χ0v) is 11.3. The zero-order chi connectivity index (χ0) is 11.8. The second-order valence-electron chi connectivity index (χ2n) is 4.53. The standard InChI is InChI=1S/C15H14BrN/c1-11-10-12-4-2-3-5-15(12)17(11)14-8-6-13(16)7-9-14/h2-9,11H,10H2,1H3. The number of anilines is 2. The Morgan fingerprint density at radius 3 is 2.53 bits per heavy atom. The van der Waals surface area contributed by atoms with E-state index in [9.17, 15) is 0 Å². The van der Waals surface area contributed by atoms with Crippen molar-refractivity contribution in [2.75, 3.05) is 4.90 Å². The first-order valence-corrected chi connectivity index (χ1v) is 6.68. The third-order valence-corrected chi connectivity index (χ3v) is 3.84. The molecule has 17 heavy (non-hydrogen) atoms. The quantitative estimate of drug-likeness (QED) is 0.745. The molecule has 3 rings (SSSR count). The predicted octanol–water partition coefficient (Wildman–Crippen LogP) is 4.53. The van der Waals surface area contributed by atoms with E-state index in [-0.39, 0.29) is 0 Å². The van der Waals surface area contributed by atoms with Crippen molar-refractivity contribution in [1.82, 2.24) is 0 Å². The Morgan fingerprint density at radius 2 is 1.76 bits per heavy atom. The maximum atomic E-state index is 3.48. The molecular formula is C15H14BrN. The molecule has 1 aliphatic rings. The van der Waals surface area contributed by atoms with Crippen LogP contribution in [0.2, 0.25) is 0 Å². The molecule has 1 nitrogen and oxygen atoms in total. The SMILES string of the molecule is CC1Cc2ccccc2N1c1ccc(Br)cc1. The second-order valence-corrected chi connectivity index (χ2v) is 5.44. The summed E-state index contributed by atoms with van der Waals surface area (Å²) < 4.78 is 1.13. The van der Waals surface area contributed by atoms with Crippen LogP contribution in [-0.2, 0) is 6.42 Å². The first kappa shape index (κ1) is 10.8. The smallest absolute Gasteiger partial charge is 0.0446 e. The lowest BCUT2D eigenvalue weighted by molar-refractivity contribution is 0.759. The number of fused-ring (bicyclic) bond motifs is 1. The third-order valence-electron chi connectivity index (χ3n) is 3.31. The van der Waals surface area contributed by atoms with Crippen LogP contribution in [0.4, 0.5) is 11.4 Å². The van der Waals surface area contributed by atoms with Gasteiger partial charge in [0.25, 0.3) is 0 Å². The summed E-state index contributed by atoms with van der Waals surface area (Å²) in [6.07, 6.45) is 1.13. The van der Waals surface area contributed by atoms with Gasteiger partial charge in [-0.05, 0) is 49.2 Å². The van der Waals surface area contributed by atoms with Gasteiger partial charge in [0.2, 0.25) is 0 Å². The van der Waals surface area contributed by atoms with Gasteiger partial charge in [0.05, 0.1) is 0 Å². The fourth-order valence-corrected chi connectivity index (χ4v) is 2.83. The van der Waals surface area contributed by atoms with E-state index in [0.717, 1.165) is 10.9 Å². The molecule has 1 atom stereocenters. The summed E-state index contributed by atoms with van der Waals surface area (Å²) >= 11 is 3.48. The molecular weight excluding hydrogens is 274 g/mol. The number of rotatable bonds is 1. The van der Waals surface area contributed by atoms with Gasteiger partial charge in [-0.25, -0.2) is 0 Å². The highest BCUT2D eigenvalue weighted by Crippen LogP contribution is 2.38. The summed E-state index contributed by atoms with van der Waals surface area (Å²) in [5, 5.41) is 0. The molecule has 2 aromatic rings. The Morgan fingerprint density at radius 1 is 1.06 bits per heavy atom. The zero-order valence-electron chi connectivity index (χ0n) is 9.73. The van der Waals surface area contributed by atoms with E-state index in [1.807, 2.05) is 0 Å². The van der Waals surface area contributed by atoms with Crippen molar-refractivity contribution in [2.24, 2.45) is 0 Å². The van der Waals surface area contributed by atoms with Crippen LogP contribution in [0.3, 0.4) is 0 Å². The van der Waals surface area contributed by atoms with E-state index in [1.165, 1.54) is 16.9 Å². The Labute approximate surface area is 110 Å².